The SMILES string of the molecule is COc1ccc(-c2csc(NC(=O)CSc3nnc(C4CCCCC4)n3N)n2)cc1. The standard InChI is InChI=1S/C20H24N6O2S2/c1-28-15-9-7-13(8-10-15)16-11-29-19(22-16)23-17(27)12-30-20-25-24-18(26(20)21)14-5-3-2-4-6-14/h7-11,14H,2-6,12,21H2,1H3,(H,22,23,27). The molecule has 1 aromatic carbocycles. The van der Waals surface area contributed by atoms with E-state index in [-0.39, 0.29) is 11.7 Å². The minimum absolute atomic E-state index is 0.155. The van der Waals surface area contributed by atoms with Crippen molar-refractivity contribution in [2.45, 2.75) is 43.2 Å². The Bertz CT molecular complexity index is 995. The number of amides is 1. The van der Waals surface area contributed by atoms with E-state index < -0.39 is 0 Å². The third kappa shape index (κ3) is 4.76. The summed E-state index contributed by atoms with van der Waals surface area (Å²) >= 11 is 2.67. The monoisotopic (exact) mass is 444 g/mol. The zero-order valence-electron chi connectivity index (χ0n) is 16.7. The predicted molar refractivity (Wildman–Crippen MR) is 119 cm³/mol. The average molecular weight is 445 g/mol. The molecule has 0 unspecified atom stereocenters. The highest BCUT2D eigenvalue weighted by Gasteiger charge is 2.23. The molecule has 8 nitrogen and oxygen atoms in total. The molecule has 1 aliphatic rings. The molecule has 10 heteroatoms. The zero-order valence-corrected chi connectivity index (χ0v) is 18.3. The van der Waals surface area contributed by atoms with Crippen molar-refractivity contribution in [3.63, 3.8) is 0 Å². The van der Waals surface area contributed by atoms with Crippen molar-refractivity contribution in [1.29, 1.82) is 0 Å². The Hall–Kier alpha value is -2.59. The number of ether oxygens (including phenoxy) is 1. The molecular formula is C20H24N6O2S2. The summed E-state index contributed by atoms with van der Waals surface area (Å²) in [5.74, 6) is 8.20. The van der Waals surface area contributed by atoms with Crippen molar-refractivity contribution < 1.29 is 9.53 Å². The van der Waals surface area contributed by atoms with E-state index in [1.54, 1.807) is 11.8 Å². The Morgan fingerprint density at radius 2 is 2.03 bits per heavy atom. The molecule has 1 aliphatic carbocycles. The van der Waals surface area contributed by atoms with Gasteiger partial charge in [-0.2, -0.15) is 0 Å². The number of nitrogens with zero attached hydrogens (tertiary/aromatic N) is 4. The van der Waals surface area contributed by atoms with Crippen LogP contribution in [0.2, 0.25) is 0 Å². The number of nitrogens with one attached hydrogen (secondary N) is 1. The Morgan fingerprint density at radius 1 is 1.27 bits per heavy atom. The van der Waals surface area contributed by atoms with Crippen molar-refractivity contribution in [3.05, 3.63) is 35.5 Å². The topological polar surface area (TPSA) is 108 Å². The number of thioether (sulfide) groups is 1. The van der Waals surface area contributed by atoms with Gasteiger partial charge in [-0.1, -0.05) is 31.0 Å². The molecule has 3 N–H and O–H groups in total. The van der Waals surface area contributed by atoms with Crippen molar-refractivity contribution in [1.82, 2.24) is 19.9 Å². The summed E-state index contributed by atoms with van der Waals surface area (Å²) in [5.41, 5.74) is 1.78. The highest BCUT2D eigenvalue weighted by molar-refractivity contribution is 7.99. The maximum Gasteiger partial charge on any atom is 0.236 e. The summed E-state index contributed by atoms with van der Waals surface area (Å²) in [6, 6.07) is 7.64. The van der Waals surface area contributed by atoms with Gasteiger partial charge >= 0.3 is 0 Å². The normalized spacial score (nSPS) is 14.6. The van der Waals surface area contributed by atoms with Crippen LogP contribution in [0.4, 0.5) is 5.13 Å². The van der Waals surface area contributed by atoms with Crippen molar-refractivity contribution in [3.8, 4) is 17.0 Å². The first kappa shape index (κ1) is 20.7. The van der Waals surface area contributed by atoms with Gasteiger partial charge in [0.2, 0.25) is 11.1 Å². The minimum Gasteiger partial charge on any atom is -0.497 e. The van der Waals surface area contributed by atoms with E-state index in [1.807, 2.05) is 29.6 Å². The molecule has 3 aromatic rings. The smallest absolute Gasteiger partial charge is 0.236 e. The summed E-state index contributed by atoms with van der Waals surface area (Å²) in [6.45, 7) is 0. The lowest BCUT2D eigenvalue weighted by atomic mass is 9.89. The summed E-state index contributed by atoms with van der Waals surface area (Å²) in [7, 11) is 1.63. The third-order valence-electron chi connectivity index (χ3n) is 5.13. The fraction of sp³-hybridized carbons (Fsp3) is 0.400. The summed E-state index contributed by atoms with van der Waals surface area (Å²) < 4.78 is 6.71. The van der Waals surface area contributed by atoms with Crippen LogP contribution >= 0.6 is 23.1 Å². The van der Waals surface area contributed by atoms with Crippen LogP contribution in [0.1, 0.15) is 43.8 Å². The van der Waals surface area contributed by atoms with E-state index in [4.69, 9.17) is 10.6 Å². The predicted octanol–water partition coefficient (Wildman–Crippen LogP) is 3.90. The molecule has 0 atom stereocenters. The molecule has 1 fully saturated rings. The third-order valence-corrected chi connectivity index (χ3v) is 6.83. The van der Waals surface area contributed by atoms with E-state index in [2.05, 4.69) is 20.5 Å². The van der Waals surface area contributed by atoms with E-state index in [9.17, 15) is 4.79 Å². The molecule has 1 amide bonds. The molecule has 2 heterocycles. The number of carbonyl (C=O) groups is 1. The van der Waals surface area contributed by atoms with Gasteiger partial charge in [0.05, 0.1) is 18.6 Å². The highest BCUT2D eigenvalue weighted by atomic mass is 32.2. The molecule has 0 bridgehead atoms. The molecule has 30 heavy (non-hydrogen) atoms. The second-order valence-electron chi connectivity index (χ2n) is 7.15. The second-order valence-corrected chi connectivity index (χ2v) is 8.95. The van der Waals surface area contributed by atoms with Crippen molar-refractivity contribution in [2.75, 3.05) is 24.0 Å². The van der Waals surface area contributed by atoms with E-state index in [0.29, 0.717) is 16.2 Å². The Balaban J connectivity index is 1.32. The minimum atomic E-state index is -0.155. The van der Waals surface area contributed by atoms with E-state index >= 15 is 0 Å². The number of anilines is 1. The molecule has 0 saturated heterocycles. The summed E-state index contributed by atoms with van der Waals surface area (Å²) in [5, 5.41) is 14.3. The first-order chi connectivity index (χ1) is 14.6. The number of methoxy groups -OCH3 is 1. The van der Waals surface area contributed by atoms with Crippen LogP contribution in [-0.2, 0) is 4.79 Å². The van der Waals surface area contributed by atoms with Gasteiger partial charge in [-0.15, -0.1) is 21.5 Å². The lowest BCUT2D eigenvalue weighted by Gasteiger charge is -2.20. The average Bonchev–Trinajstić information content (AvgIpc) is 3.39. The number of hydrogen-bond acceptors (Lipinski definition) is 8. The molecule has 1 saturated carbocycles. The van der Waals surface area contributed by atoms with Crippen LogP contribution < -0.4 is 15.9 Å². The lowest BCUT2D eigenvalue weighted by molar-refractivity contribution is -0.113. The number of rotatable bonds is 7. The van der Waals surface area contributed by atoms with E-state index in [0.717, 1.165) is 35.7 Å². The van der Waals surface area contributed by atoms with Crippen molar-refractivity contribution in [2.24, 2.45) is 0 Å². The van der Waals surface area contributed by atoms with Gasteiger partial charge < -0.3 is 15.9 Å². The summed E-state index contributed by atoms with van der Waals surface area (Å²) in [4.78, 5) is 16.8. The summed E-state index contributed by atoms with van der Waals surface area (Å²) in [6.07, 6.45) is 5.87. The zero-order chi connectivity index (χ0) is 20.9. The molecule has 0 spiro atoms. The molecule has 2 aromatic heterocycles. The second kappa shape index (κ2) is 9.48. The van der Waals surface area contributed by atoms with Gasteiger partial charge in [-0.05, 0) is 37.1 Å². The molecule has 0 aliphatic heterocycles. The van der Waals surface area contributed by atoms with Gasteiger partial charge in [0.25, 0.3) is 0 Å². The van der Waals surface area contributed by atoms with E-state index in [1.165, 1.54) is 42.4 Å². The number of benzene rings is 1. The number of nitrogen functional groups attached to an aromatic ring is 1. The highest BCUT2D eigenvalue weighted by Crippen LogP contribution is 2.32. The quantitative estimate of drug-likeness (QED) is 0.420. The maximum atomic E-state index is 12.4. The van der Waals surface area contributed by atoms with Crippen molar-refractivity contribution >= 4 is 34.1 Å². The maximum absolute atomic E-state index is 12.4. The van der Waals surface area contributed by atoms with Crippen LogP contribution in [0.5, 0.6) is 5.75 Å². The van der Waals surface area contributed by atoms with Crippen LogP contribution in [0.15, 0.2) is 34.8 Å². The van der Waals surface area contributed by atoms with Gasteiger partial charge in [0.1, 0.15) is 5.75 Å². The largest absolute Gasteiger partial charge is 0.497 e. The first-order valence-corrected chi connectivity index (χ1v) is 11.7. The Kier molecular flexibility index (Phi) is 6.53. The first-order valence-electron chi connectivity index (χ1n) is 9.87. The number of nitrogens with two attached hydrogens (primary N) is 1. The number of aromatic nitrogens is 4. The number of carbonyl (C=O) groups excluding carboxylic acids is 1. The van der Waals surface area contributed by atoms with Crippen LogP contribution in [0.25, 0.3) is 11.3 Å². The van der Waals surface area contributed by atoms with Gasteiger partial charge in [-0.25, -0.2) is 9.66 Å². The fourth-order valence-electron chi connectivity index (χ4n) is 3.54. The molecule has 158 valence electrons. The lowest BCUT2D eigenvalue weighted by Crippen LogP contribution is -2.19. The molecule has 4 rings (SSSR count). The van der Waals surface area contributed by atoms with Gasteiger partial charge in [-0.3, -0.25) is 4.79 Å². The van der Waals surface area contributed by atoms with Crippen LogP contribution in [0.3, 0.4) is 0 Å². The Labute approximate surface area is 183 Å². The number of hydrogen-bond donors (Lipinski definition) is 2. The van der Waals surface area contributed by atoms with Crippen LogP contribution in [-0.4, -0.2) is 38.6 Å². The van der Waals surface area contributed by atoms with Crippen LogP contribution in [0, 0.1) is 0 Å². The van der Waals surface area contributed by atoms with Gasteiger partial charge in [0.15, 0.2) is 11.0 Å². The number of thiazole rings is 1. The fourth-order valence-corrected chi connectivity index (χ4v) is 4.94. The molecule has 0 radical (unpaired) electrons. The molecular weight excluding hydrogens is 420 g/mol. The Morgan fingerprint density at radius 3 is 2.77 bits per heavy atom. The van der Waals surface area contributed by atoms with Gasteiger partial charge in [0, 0.05) is 16.9 Å².